The Morgan fingerprint density at radius 1 is 0.960 bits per heavy atom. The van der Waals surface area contributed by atoms with Gasteiger partial charge in [-0.2, -0.15) is 0 Å². The maximum Gasteiger partial charge on any atom is 0.146 e. The zero-order valence-corrected chi connectivity index (χ0v) is 18.9. The van der Waals surface area contributed by atoms with E-state index in [2.05, 4.69) is 84.2 Å². The molecular weight excluding hydrogens is 336 g/mol. The van der Waals surface area contributed by atoms with Gasteiger partial charge in [0.15, 0.2) is 0 Å². The topological polar surface area (TPSA) is 0 Å². The molecule has 0 atom stereocenters. The van der Waals surface area contributed by atoms with Gasteiger partial charge in [-0.1, -0.05) is 60.8 Å². The minimum Gasteiger partial charge on any atom is -0.140 e. The van der Waals surface area contributed by atoms with Crippen molar-refractivity contribution >= 4 is 29.5 Å². The van der Waals surface area contributed by atoms with E-state index in [-0.39, 0.29) is 0 Å². The van der Waals surface area contributed by atoms with Crippen LogP contribution in [-0.4, -0.2) is 8.07 Å². The summed E-state index contributed by atoms with van der Waals surface area (Å²) >= 11 is 1.94. The largest absolute Gasteiger partial charge is 0.146 e. The molecule has 0 unspecified atom stereocenters. The van der Waals surface area contributed by atoms with Crippen LogP contribution in [-0.2, 0) is 6.42 Å². The maximum atomic E-state index is 3.85. The van der Waals surface area contributed by atoms with Crippen molar-refractivity contribution in [3.63, 3.8) is 0 Å². The first-order chi connectivity index (χ1) is 11.8. The second-order valence-electron chi connectivity index (χ2n) is 8.22. The molecule has 0 aliphatic heterocycles. The van der Waals surface area contributed by atoms with E-state index >= 15 is 0 Å². The normalized spacial score (nSPS) is 12.2. The lowest BCUT2D eigenvalue weighted by molar-refractivity contribution is 0.804. The van der Waals surface area contributed by atoms with Crippen molar-refractivity contribution in [2.45, 2.75) is 84.4 Å². The molecule has 0 aliphatic carbocycles. The summed E-state index contributed by atoms with van der Waals surface area (Å²) in [6.45, 7) is 16.5. The van der Waals surface area contributed by atoms with Gasteiger partial charge in [0.1, 0.15) is 8.07 Å². The van der Waals surface area contributed by atoms with Crippen LogP contribution >= 0.6 is 11.3 Å². The van der Waals surface area contributed by atoms with Gasteiger partial charge in [0.25, 0.3) is 0 Å². The smallest absolute Gasteiger partial charge is 0.140 e. The number of hydrogen-bond donors (Lipinski definition) is 0. The zero-order chi connectivity index (χ0) is 18.6. The molecule has 2 heteroatoms. The molecule has 1 heterocycles. The summed E-state index contributed by atoms with van der Waals surface area (Å²) in [7, 11) is -1.65. The van der Waals surface area contributed by atoms with Gasteiger partial charge in [-0.3, -0.25) is 0 Å². The predicted molar refractivity (Wildman–Crippen MR) is 118 cm³/mol. The SMILES string of the molecule is CCCCc1cc2cc(C#C[Si](C(C)C)(C(C)C)C(C)C)ccc2s1. The quantitative estimate of drug-likeness (QED) is 0.359. The molecule has 1 aromatic heterocycles. The van der Waals surface area contributed by atoms with E-state index in [1.165, 1.54) is 39.8 Å². The van der Waals surface area contributed by atoms with E-state index in [0.717, 1.165) is 0 Å². The van der Waals surface area contributed by atoms with Crippen LogP contribution < -0.4 is 0 Å². The molecule has 0 radical (unpaired) electrons. The fourth-order valence-electron chi connectivity index (χ4n) is 4.26. The Hall–Kier alpha value is -1.04. The van der Waals surface area contributed by atoms with Crippen LogP contribution in [0.1, 0.15) is 71.7 Å². The number of rotatable bonds is 6. The van der Waals surface area contributed by atoms with Crippen molar-refractivity contribution in [1.29, 1.82) is 0 Å². The van der Waals surface area contributed by atoms with Crippen molar-refractivity contribution in [3.05, 3.63) is 34.7 Å². The van der Waals surface area contributed by atoms with Gasteiger partial charge in [-0.25, -0.2) is 0 Å². The van der Waals surface area contributed by atoms with Crippen LogP contribution in [0.25, 0.3) is 10.1 Å². The van der Waals surface area contributed by atoms with Crippen molar-refractivity contribution in [2.75, 3.05) is 0 Å². The molecule has 0 amide bonds. The molecule has 2 aromatic rings. The van der Waals surface area contributed by atoms with Crippen molar-refractivity contribution < 1.29 is 0 Å². The number of fused-ring (bicyclic) bond motifs is 1. The van der Waals surface area contributed by atoms with Crippen molar-refractivity contribution in [2.24, 2.45) is 0 Å². The number of hydrogen-bond acceptors (Lipinski definition) is 1. The first kappa shape index (κ1) is 20.3. The van der Waals surface area contributed by atoms with Gasteiger partial charge in [-0.15, -0.1) is 16.9 Å². The first-order valence-corrected chi connectivity index (χ1v) is 12.9. The lowest BCUT2D eigenvalue weighted by Crippen LogP contribution is -2.43. The van der Waals surface area contributed by atoms with Gasteiger partial charge < -0.3 is 0 Å². The van der Waals surface area contributed by atoms with E-state index in [4.69, 9.17) is 0 Å². The number of aryl methyl sites for hydroxylation is 1. The van der Waals surface area contributed by atoms with E-state index in [1.807, 2.05) is 11.3 Å². The monoisotopic (exact) mass is 370 g/mol. The summed E-state index contributed by atoms with van der Waals surface area (Å²) < 4.78 is 1.40. The summed E-state index contributed by atoms with van der Waals surface area (Å²) in [6, 6.07) is 9.16. The zero-order valence-electron chi connectivity index (χ0n) is 17.1. The Kier molecular flexibility index (Phi) is 6.94. The molecule has 136 valence electrons. The minimum atomic E-state index is -1.65. The molecule has 0 bridgehead atoms. The van der Waals surface area contributed by atoms with Crippen LogP contribution in [0.15, 0.2) is 24.3 Å². The molecule has 0 spiro atoms. The number of thiophene rings is 1. The highest BCUT2D eigenvalue weighted by Crippen LogP contribution is 2.40. The Morgan fingerprint density at radius 3 is 2.16 bits per heavy atom. The van der Waals surface area contributed by atoms with Crippen LogP contribution in [0.5, 0.6) is 0 Å². The summed E-state index contributed by atoms with van der Waals surface area (Å²) in [5.74, 6) is 3.59. The van der Waals surface area contributed by atoms with Crippen molar-refractivity contribution in [3.8, 4) is 11.5 Å². The standard InChI is InChI=1S/C23H34SSi/c1-8-9-10-22-16-21-15-20(11-12-23(21)24-22)13-14-25(17(2)3,18(4)5)19(6)7/h11-12,15-19H,8-10H2,1-7H3. The maximum absolute atomic E-state index is 3.85. The van der Waals surface area contributed by atoms with Gasteiger partial charge in [0, 0.05) is 15.1 Å². The Bertz CT molecular complexity index is 733. The molecule has 0 N–H and O–H groups in total. The van der Waals surface area contributed by atoms with E-state index < -0.39 is 8.07 Å². The highest BCUT2D eigenvalue weighted by Gasteiger charge is 2.41. The second kappa shape index (κ2) is 8.56. The molecular formula is C23H34SSi. The summed E-state index contributed by atoms with van der Waals surface area (Å²) in [6.07, 6.45) is 3.75. The van der Waals surface area contributed by atoms with Crippen LogP contribution in [0.4, 0.5) is 0 Å². The highest BCUT2D eigenvalue weighted by atomic mass is 32.1. The molecule has 25 heavy (non-hydrogen) atoms. The van der Waals surface area contributed by atoms with E-state index in [0.29, 0.717) is 16.6 Å². The fraction of sp³-hybridized carbons (Fsp3) is 0.565. The Labute approximate surface area is 160 Å². The van der Waals surface area contributed by atoms with Crippen LogP contribution in [0.2, 0.25) is 16.6 Å². The molecule has 0 nitrogen and oxygen atoms in total. The average molecular weight is 371 g/mol. The van der Waals surface area contributed by atoms with Crippen LogP contribution in [0, 0.1) is 11.5 Å². The summed E-state index contributed by atoms with van der Waals surface area (Å²) in [5, 5.41) is 1.37. The molecule has 0 saturated carbocycles. The Morgan fingerprint density at radius 2 is 1.60 bits per heavy atom. The van der Waals surface area contributed by atoms with Gasteiger partial charge in [-0.05, 0) is 59.1 Å². The third kappa shape index (κ3) is 4.38. The van der Waals surface area contributed by atoms with Gasteiger partial charge in [0.2, 0.25) is 0 Å². The third-order valence-electron chi connectivity index (χ3n) is 5.63. The molecule has 0 aliphatic rings. The van der Waals surface area contributed by atoms with Gasteiger partial charge >= 0.3 is 0 Å². The summed E-state index contributed by atoms with van der Waals surface area (Å²) in [5.41, 5.74) is 7.09. The van der Waals surface area contributed by atoms with E-state index in [9.17, 15) is 0 Å². The number of unbranched alkanes of at least 4 members (excludes halogenated alkanes) is 1. The fourth-order valence-corrected chi connectivity index (χ4v) is 10.6. The summed E-state index contributed by atoms with van der Waals surface area (Å²) in [4.78, 5) is 1.51. The Balaban J connectivity index is 2.37. The predicted octanol–water partition coefficient (Wildman–Crippen LogP) is 7.81. The third-order valence-corrected chi connectivity index (χ3v) is 13.1. The average Bonchev–Trinajstić information content (AvgIpc) is 2.94. The lowest BCUT2D eigenvalue weighted by atomic mass is 10.1. The minimum absolute atomic E-state index is 0.686. The number of benzene rings is 1. The lowest BCUT2D eigenvalue weighted by Gasteiger charge is -2.38. The van der Waals surface area contributed by atoms with Crippen molar-refractivity contribution in [1.82, 2.24) is 0 Å². The molecule has 0 saturated heterocycles. The van der Waals surface area contributed by atoms with E-state index in [1.54, 1.807) is 0 Å². The molecule has 0 fully saturated rings. The molecule has 2 rings (SSSR count). The van der Waals surface area contributed by atoms with Gasteiger partial charge in [0.05, 0.1) is 0 Å². The highest BCUT2D eigenvalue weighted by molar-refractivity contribution is 7.19. The first-order valence-electron chi connectivity index (χ1n) is 9.86. The van der Waals surface area contributed by atoms with Crippen LogP contribution in [0.3, 0.4) is 0 Å². The molecule has 1 aromatic carbocycles. The second-order valence-corrected chi connectivity index (χ2v) is 15.0.